The van der Waals surface area contributed by atoms with Gasteiger partial charge in [0.2, 0.25) is 5.89 Å². The maximum Gasteiger partial charge on any atom is 0.236 e. The number of aryl methyl sites for hydroxylation is 1. The van der Waals surface area contributed by atoms with Gasteiger partial charge in [0.05, 0.1) is 17.1 Å². The number of benzene rings is 1. The predicted molar refractivity (Wildman–Crippen MR) is 110 cm³/mol. The van der Waals surface area contributed by atoms with E-state index in [0.29, 0.717) is 12.4 Å². The van der Waals surface area contributed by atoms with Crippen molar-refractivity contribution in [3.8, 4) is 10.8 Å². The molecule has 0 amide bonds. The van der Waals surface area contributed by atoms with Gasteiger partial charge in [0.1, 0.15) is 6.26 Å². The van der Waals surface area contributed by atoms with Crippen molar-refractivity contribution in [2.45, 2.75) is 24.9 Å². The molecule has 2 heterocycles. The summed E-state index contributed by atoms with van der Waals surface area (Å²) in [5.41, 5.74) is 3.37. The van der Waals surface area contributed by atoms with Gasteiger partial charge >= 0.3 is 0 Å². The quantitative estimate of drug-likeness (QED) is 0.376. The highest BCUT2D eigenvalue weighted by atomic mass is 32.2. The first kappa shape index (κ1) is 18.5. The SMILES string of the molecule is CN=C(NCc1coc(-c2cccs2)n1)NCc1ccc(C)cc1SC. The number of nitrogens with zero attached hydrogens (tertiary/aromatic N) is 2. The molecule has 2 aromatic heterocycles. The highest BCUT2D eigenvalue weighted by Crippen LogP contribution is 2.23. The number of nitrogens with one attached hydrogen (secondary N) is 2. The molecule has 26 heavy (non-hydrogen) atoms. The second-order valence-electron chi connectivity index (χ2n) is 5.72. The zero-order valence-electron chi connectivity index (χ0n) is 15.1. The van der Waals surface area contributed by atoms with E-state index in [4.69, 9.17) is 4.42 Å². The largest absolute Gasteiger partial charge is 0.443 e. The maximum atomic E-state index is 5.54. The summed E-state index contributed by atoms with van der Waals surface area (Å²) < 4.78 is 5.54. The van der Waals surface area contributed by atoms with Crippen molar-refractivity contribution < 1.29 is 4.42 Å². The van der Waals surface area contributed by atoms with Gasteiger partial charge < -0.3 is 15.1 Å². The molecular formula is C19H22N4OS2. The fraction of sp³-hybridized carbons (Fsp3) is 0.263. The van der Waals surface area contributed by atoms with E-state index in [1.807, 2.05) is 17.5 Å². The van der Waals surface area contributed by atoms with Gasteiger partial charge in [-0.1, -0.05) is 18.2 Å². The summed E-state index contributed by atoms with van der Waals surface area (Å²) in [6, 6.07) is 10.5. The number of oxazole rings is 1. The number of hydrogen-bond donors (Lipinski definition) is 2. The lowest BCUT2D eigenvalue weighted by molar-refractivity contribution is 0.573. The van der Waals surface area contributed by atoms with Crippen LogP contribution in [-0.4, -0.2) is 24.2 Å². The Morgan fingerprint density at radius 3 is 2.85 bits per heavy atom. The first-order valence-electron chi connectivity index (χ1n) is 8.26. The normalized spacial score (nSPS) is 11.6. The fourth-order valence-corrected chi connectivity index (χ4v) is 3.83. The highest BCUT2D eigenvalue weighted by molar-refractivity contribution is 7.98. The monoisotopic (exact) mass is 386 g/mol. The molecule has 0 aliphatic heterocycles. The van der Waals surface area contributed by atoms with Crippen molar-refractivity contribution in [3.63, 3.8) is 0 Å². The molecule has 0 fully saturated rings. The van der Waals surface area contributed by atoms with Crippen LogP contribution in [0.1, 0.15) is 16.8 Å². The third-order valence-electron chi connectivity index (χ3n) is 3.83. The Morgan fingerprint density at radius 1 is 1.27 bits per heavy atom. The van der Waals surface area contributed by atoms with Gasteiger partial charge in [-0.05, 0) is 41.8 Å². The van der Waals surface area contributed by atoms with E-state index >= 15 is 0 Å². The molecule has 0 aliphatic carbocycles. The van der Waals surface area contributed by atoms with E-state index in [-0.39, 0.29) is 0 Å². The van der Waals surface area contributed by atoms with Crippen LogP contribution < -0.4 is 10.6 Å². The smallest absolute Gasteiger partial charge is 0.236 e. The molecule has 5 nitrogen and oxygen atoms in total. The lowest BCUT2D eigenvalue weighted by Crippen LogP contribution is -2.36. The topological polar surface area (TPSA) is 62.5 Å². The second-order valence-corrected chi connectivity index (χ2v) is 7.51. The van der Waals surface area contributed by atoms with Crippen LogP contribution >= 0.6 is 23.1 Å². The standard InChI is InChI=1S/C19H22N4OS2/c1-13-6-7-14(17(9-13)25-3)10-21-19(20-2)22-11-15-12-24-18(23-15)16-5-4-8-26-16/h4-9,12H,10-11H2,1-3H3,(H2,20,21,22). The van der Waals surface area contributed by atoms with E-state index < -0.39 is 0 Å². The van der Waals surface area contributed by atoms with Gasteiger partial charge in [0.25, 0.3) is 0 Å². The van der Waals surface area contributed by atoms with E-state index in [0.717, 1.165) is 23.1 Å². The number of hydrogen-bond acceptors (Lipinski definition) is 5. The molecule has 0 aliphatic rings. The Kier molecular flexibility index (Phi) is 6.35. The third kappa shape index (κ3) is 4.68. The zero-order valence-corrected chi connectivity index (χ0v) is 16.7. The molecule has 0 atom stereocenters. The molecule has 2 N–H and O–H groups in total. The molecular weight excluding hydrogens is 364 g/mol. The molecule has 3 rings (SSSR count). The number of aromatic nitrogens is 1. The summed E-state index contributed by atoms with van der Waals surface area (Å²) >= 11 is 3.37. The van der Waals surface area contributed by atoms with Crippen LogP contribution in [0.3, 0.4) is 0 Å². The molecule has 3 aromatic rings. The molecule has 0 spiro atoms. The van der Waals surface area contributed by atoms with Gasteiger partial charge in [-0.25, -0.2) is 4.98 Å². The van der Waals surface area contributed by atoms with Crippen LogP contribution in [0.25, 0.3) is 10.8 Å². The maximum absolute atomic E-state index is 5.54. The minimum absolute atomic E-state index is 0.553. The van der Waals surface area contributed by atoms with Crippen molar-refractivity contribution in [3.05, 3.63) is 58.8 Å². The lowest BCUT2D eigenvalue weighted by Gasteiger charge is -2.13. The first-order valence-corrected chi connectivity index (χ1v) is 10.4. The van der Waals surface area contributed by atoms with E-state index in [1.165, 1.54) is 16.0 Å². The summed E-state index contributed by atoms with van der Waals surface area (Å²) in [5, 5.41) is 8.64. The molecule has 0 radical (unpaired) electrons. The Morgan fingerprint density at radius 2 is 2.12 bits per heavy atom. The van der Waals surface area contributed by atoms with Crippen LogP contribution in [0.2, 0.25) is 0 Å². The van der Waals surface area contributed by atoms with Crippen LogP contribution in [0, 0.1) is 6.92 Å². The lowest BCUT2D eigenvalue weighted by atomic mass is 10.1. The molecule has 0 unspecified atom stereocenters. The summed E-state index contributed by atoms with van der Waals surface area (Å²) in [6.45, 7) is 3.38. The summed E-state index contributed by atoms with van der Waals surface area (Å²) in [4.78, 5) is 11.1. The fourth-order valence-electron chi connectivity index (χ4n) is 2.47. The van der Waals surface area contributed by atoms with Crippen LogP contribution in [0.4, 0.5) is 0 Å². The molecule has 1 aromatic carbocycles. The van der Waals surface area contributed by atoms with E-state index in [1.54, 1.807) is 36.4 Å². The average molecular weight is 387 g/mol. The van der Waals surface area contributed by atoms with Crippen molar-refractivity contribution in [2.75, 3.05) is 13.3 Å². The summed E-state index contributed by atoms with van der Waals surface area (Å²) in [7, 11) is 1.76. The molecule has 0 saturated carbocycles. The summed E-state index contributed by atoms with van der Waals surface area (Å²) in [6.07, 6.45) is 3.78. The van der Waals surface area contributed by atoms with Gasteiger partial charge in [0, 0.05) is 18.5 Å². The number of thioether (sulfide) groups is 1. The number of guanidine groups is 1. The van der Waals surface area contributed by atoms with Gasteiger partial charge in [-0.15, -0.1) is 23.1 Å². The molecule has 0 bridgehead atoms. The van der Waals surface area contributed by atoms with E-state index in [9.17, 15) is 0 Å². The molecule has 136 valence electrons. The minimum atomic E-state index is 0.553. The van der Waals surface area contributed by atoms with Crippen molar-refractivity contribution in [1.29, 1.82) is 0 Å². The highest BCUT2D eigenvalue weighted by Gasteiger charge is 2.08. The van der Waals surface area contributed by atoms with Gasteiger partial charge in [-0.2, -0.15) is 0 Å². The van der Waals surface area contributed by atoms with Crippen LogP contribution in [-0.2, 0) is 13.1 Å². The third-order valence-corrected chi connectivity index (χ3v) is 5.51. The minimum Gasteiger partial charge on any atom is -0.443 e. The number of thiophene rings is 1. The van der Waals surface area contributed by atoms with Crippen LogP contribution in [0.15, 0.2) is 56.3 Å². The Hall–Kier alpha value is -2.25. The zero-order chi connectivity index (χ0) is 18.4. The molecule has 7 heteroatoms. The Labute approximate surface area is 162 Å². The summed E-state index contributed by atoms with van der Waals surface area (Å²) in [5.74, 6) is 1.39. The first-order chi connectivity index (χ1) is 12.7. The molecule has 0 saturated heterocycles. The number of aliphatic imine (C=N–C) groups is 1. The van der Waals surface area contributed by atoms with Crippen molar-refractivity contribution in [2.24, 2.45) is 4.99 Å². The van der Waals surface area contributed by atoms with Gasteiger partial charge in [-0.3, -0.25) is 4.99 Å². The predicted octanol–water partition coefficient (Wildman–Crippen LogP) is 4.30. The Balaban J connectivity index is 1.56. The second kappa shape index (κ2) is 8.91. The van der Waals surface area contributed by atoms with Crippen molar-refractivity contribution >= 4 is 29.1 Å². The average Bonchev–Trinajstić information content (AvgIpc) is 3.34. The Bertz CT molecular complexity index is 872. The van der Waals surface area contributed by atoms with Gasteiger partial charge in [0.15, 0.2) is 5.96 Å². The van der Waals surface area contributed by atoms with E-state index in [2.05, 4.69) is 52.0 Å². The number of rotatable bonds is 6. The van der Waals surface area contributed by atoms with Crippen LogP contribution in [0.5, 0.6) is 0 Å². The van der Waals surface area contributed by atoms with Crippen molar-refractivity contribution in [1.82, 2.24) is 15.6 Å².